The van der Waals surface area contributed by atoms with Crippen LogP contribution in [0.3, 0.4) is 0 Å². The van der Waals surface area contributed by atoms with Gasteiger partial charge < -0.3 is 10.4 Å². The first-order valence-corrected chi connectivity index (χ1v) is 8.01. The number of thiophene rings is 1. The number of aryl methyl sites for hydroxylation is 1. The molecule has 1 aromatic rings. The van der Waals surface area contributed by atoms with Crippen molar-refractivity contribution in [2.24, 2.45) is 11.8 Å². The van der Waals surface area contributed by atoms with E-state index in [9.17, 15) is 14.7 Å². The SMILES string of the molecule is CCc1ccc(CNC(=O)[C@@H]2CCCC[C@@H]2C(=O)O)s1. The van der Waals surface area contributed by atoms with Gasteiger partial charge in [-0.05, 0) is 31.4 Å². The Labute approximate surface area is 123 Å². The van der Waals surface area contributed by atoms with Crippen LogP contribution in [0, 0.1) is 11.8 Å². The lowest BCUT2D eigenvalue weighted by atomic mass is 9.79. The number of carbonyl (C=O) groups is 2. The second kappa shape index (κ2) is 6.88. The van der Waals surface area contributed by atoms with Crippen LogP contribution < -0.4 is 5.32 Å². The predicted molar refractivity (Wildman–Crippen MR) is 78.6 cm³/mol. The number of carbonyl (C=O) groups excluding carboxylic acids is 1. The van der Waals surface area contributed by atoms with Gasteiger partial charge in [0.1, 0.15) is 0 Å². The van der Waals surface area contributed by atoms with E-state index in [1.54, 1.807) is 11.3 Å². The summed E-state index contributed by atoms with van der Waals surface area (Å²) < 4.78 is 0. The molecular weight excluding hydrogens is 274 g/mol. The van der Waals surface area contributed by atoms with E-state index in [4.69, 9.17) is 0 Å². The molecule has 5 heteroatoms. The Morgan fingerprint density at radius 3 is 2.50 bits per heavy atom. The lowest BCUT2D eigenvalue weighted by Crippen LogP contribution is -2.39. The summed E-state index contributed by atoms with van der Waals surface area (Å²) in [5.74, 6) is -1.83. The highest BCUT2D eigenvalue weighted by molar-refractivity contribution is 7.11. The summed E-state index contributed by atoms with van der Waals surface area (Å²) in [6.45, 7) is 2.61. The van der Waals surface area contributed by atoms with Gasteiger partial charge in [0.05, 0.1) is 18.4 Å². The molecule has 1 aliphatic rings. The Bertz CT molecular complexity index is 483. The zero-order valence-electron chi connectivity index (χ0n) is 11.7. The van der Waals surface area contributed by atoms with Crippen LogP contribution in [0.5, 0.6) is 0 Å². The molecule has 1 heterocycles. The van der Waals surface area contributed by atoms with Gasteiger partial charge in [-0.3, -0.25) is 9.59 Å². The second-order valence-electron chi connectivity index (χ2n) is 5.28. The molecule has 0 spiro atoms. The zero-order chi connectivity index (χ0) is 14.5. The number of hydrogen-bond donors (Lipinski definition) is 2. The van der Waals surface area contributed by atoms with Gasteiger partial charge in [-0.1, -0.05) is 19.8 Å². The van der Waals surface area contributed by atoms with E-state index < -0.39 is 11.9 Å². The second-order valence-corrected chi connectivity index (χ2v) is 6.53. The third-order valence-electron chi connectivity index (χ3n) is 3.92. The van der Waals surface area contributed by atoms with Gasteiger partial charge in [-0.25, -0.2) is 0 Å². The first-order valence-electron chi connectivity index (χ1n) is 7.20. The lowest BCUT2D eigenvalue weighted by Gasteiger charge is -2.27. The van der Waals surface area contributed by atoms with Gasteiger partial charge in [0.25, 0.3) is 0 Å². The molecular formula is C15H21NO3S. The van der Waals surface area contributed by atoms with Crippen molar-refractivity contribution in [1.29, 1.82) is 0 Å². The molecule has 0 unspecified atom stereocenters. The largest absolute Gasteiger partial charge is 0.481 e. The third kappa shape index (κ3) is 3.60. The van der Waals surface area contributed by atoms with Crippen molar-refractivity contribution in [3.63, 3.8) is 0 Å². The van der Waals surface area contributed by atoms with Gasteiger partial charge in [-0.2, -0.15) is 0 Å². The van der Waals surface area contributed by atoms with Crippen LogP contribution in [0.15, 0.2) is 12.1 Å². The first-order chi connectivity index (χ1) is 9.61. The van der Waals surface area contributed by atoms with Crippen molar-refractivity contribution >= 4 is 23.2 Å². The Balaban J connectivity index is 1.91. The standard InChI is InChI=1S/C15H21NO3S/c1-2-10-7-8-11(20-10)9-16-14(17)12-5-3-4-6-13(12)15(18)19/h7-8,12-13H,2-6,9H2,1H3,(H,16,17)(H,18,19)/t12-,13+/m1/s1. The van der Waals surface area contributed by atoms with Crippen LogP contribution >= 0.6 is 11.3 Å². The quantitative estimate of drug-likeness (QED) is 0.878. The van der Waals surface area contributed by atoms with Crippen molar-refractivity contribution in [2.75, 3.05) is 0 Å². The molecule has 0 aromatic carbocycles. The topological polar surface area (TPSA) is 66.4 Å². The maximum Gasteiger partial charge on any atom is 0.307 e. The summed E-state index contributed by atoms with van der Waals surface area (Å²) >= 11 is 1.70. The highest BCUT2D eigenvalue weighted by atomic mass is 32.1. The molecule has 1 aliphatic carbocycles. The molecule has 1 amide bonds. The molecule has 110 valence electrons. The summed E-state index contributed by atoms with van der Waals surface area (Å²) in [6.07, 6.45) is 4.16. The highest BCUT2D eigenvalue weighted by Crippen LogP contribution is 2.30. The Hall–Kier alpha value is -1.36. The maximum absolute atomic E-state index is 12.2. The number of amides is 1. The fourth-order valence-corrected chi connectivity index (χ4v) is 3.65. The number of carboxylic acids is 1. The number of hydrogen-bond acceptors (Lipinski definition) is 3. The maximum atomic E-state index is 12.2. The fourth-order valence-electron chi connectivity index (χ4n) is 2.75. The van der Waals surface area contributed by atoms with Gasteiger partial charge in [0.15, 0.2) is 0 Å². The highest BCUT2D eigenvalue weighted by Gasteiger charge is 2.35. The minimum Gasteiger partial charge on any atom is -0.481 e. The van der Waals surface area contributed by atoms with E-state index in [2.05, 4.69) is 18.3 Å². The van der Waals surface area contributed by atoms with E-state index in [0.717, 1.165) is 24.1 Å². The van der Waals surface area contributed by atoms with Crippen molar-refractivity contribution < 1.29 is 14.7 Å². The van der Waals surface area contributed by atoms with Crippen molar-refractivity contribution in [2.45, 2.75) is 45.6 Å². The number of nitrogens with one attached hydrogen (secondary N) is 1. The molecule has 1 saturated carbocycles. The lowest BCUT2D eigenvalue weighted by molar-refractivity contribution is -0.148. The van der Waals surface area contributed by atoms with E-state index in [1.165, 1.54) is 4.88 Å². The smallest absolute Gasteiger partial charge is 0.307 e. The first kappa shape index (κ1) is 15.0. The molecule has 0 bridgehead atoms. The zero-order valence-corrected chi connectivity index (χ0v) is 12.5. The van der Waals surface area contributed by atoms with Crippen molar-refractivity contribution in [3.8, 4) is 0 Å². The molecule has 2 atom stereocenters. The molecule has 1 fully saturated rings. The fraction of sp³-hybridized carbons (Fsp3) is 0.600. The summed E-state index contributed by atoms with van der Waals surface area (Å²) in [5, 5.41) is 12.1. The van der Waals surface area contributed by atoms with E-state index in [1.807, 2.05) is 6.07 Å². The Morgan fingerprint density at radius 1 is 1.25 bits per heavy atom. The minimum absolute atomic E-state index is 0.108. The normalized spacial score (nSPS) is 22.4. The number of carboxylic acid groups (broad SMARTS) is 1. The summed E-state index contributed by atoms with van der Waals surface area (Å²) in [4.78, 5) is 25.8. The van der Waals surface area contributed by atoms with E-state index >= 15 is 0 Å². The van der Waals surface area contributed by atoms with Crippen LogP contribution in [-0.2, 0) is 22.6 Å². The molecule has 20 heavy (non-hydrogen) atoms. The molecule has 2 N–H and O–H groups in total. The Morgan fingerprint density at radius 2 is 1.90 bits per heavy atom. The van der Waals surface area contributed by atoms with Crippen molar-refractivity contribution in [1.82, 2.24) is 5.32 Å². The van der Waals surface area contributed by atoms with Crippen LogP contribution in [0.2, 0.25) is 0 Å². The van der Waals surface area contributed by atoms with Gasteiger partial charge >= 0.3 is 5.97 Å². The van der Waals surface area contributed by atoms with Crippen LogP contribution in [0.1, 0.15) is 42.4 Å². The van der Waals surface area contributed by atoms with Gasteiger partial charge in [0.2, 0.25) is 5.91 Å². The summed E-state index contributed by atoms with van der Waals surface area (Å²) in [6, 6.07) is 4.10. The van der Waals surface area contributed by atoms with Crippen LogP contribution in [-0.4, -0.2) is 17.0 Å². The monoisotopic (exact) mass is 295 g/mol. The summed E-state index contributed by atoms with van der Waals surface area (Å²) in [5.41, 5.74) is 0. The predicted octanol–water partition coefficient (Wildman–Crippen LogP) is 2.82. The van der Waals surface area contributed by atoms with E-state index in [-0.39, 0.29) is 11.8 Å². The van der Waals surface area contributed by atoms with Gasteiger partial charge in [-0.15, -0.1) is 11.3 Å². The molecule has 0 saturated heterocycles. The number of aliphatic carboxylic acids is 1. The number of rotatable bonds is 5. The van der Waals surface area contributed by atoms with Crippen LogP contribution in [0.25, 0.3) is 0 Å². The Kier molecular flexibility index (Phi) is 5.17. The molecule has 1 aromatic heterocycles. The summed E-state index contributed by atoms with van der Waals surface area (Å²) in [7, 11) is 0. The minimum atomic E-state index is -0.839. The van der Waals surface area contributed by atoms with Crippen LogP contribution in [0.4, 0.5) is 0 Å². The average Bonchev–Trinajstić information content (AvgIpc) is 2.92. The average molecular weight is 295 g/mol. The van der Waals surface area contributed by atoms with Crippen molar-refractivity contribution in [3.05, 3.63) is 21.9 Å². The molecule has 2 rings (SSSR count). The van der Waals surface area contributed by atoms with E-state index in [0.29, 0.717) is 19.4 Å². The molecule has 4 nitrogen and oxygen atoms in total. The molecule has 0 radical (unpaired) electrons. The van der Waals surface area contributed by atoms with Gasteiger partial charge in [0, 0.05) is 9.75 Å². The molecule has 0 aliphatic heterocycles. The third-order valence-corrected chi connectivity index (χ3v) is 5.15.